The predicted octanol–water partition coefficient (Wildman–Crippen LogP) is 2.07. The summed E-state index contributed by atoms with van der Waals surface area (Å²) in [5.41, 5.74) is -2.13. The zero-order valence-electron chi connectivity index (χ0n) is 7.65. The number of halogens is 3. The first-order valence-electron chi connectivity index (χ1n) is 3.93. The summed E-state index contributed by atoms with van der Waals surface area (Å²) in [4.78, 5) is 12.5. The first-order chi connectivity index (χ1) is 7.36. The van der Waals surface area contributed by atoms with E-state index in [9.17, 15) is 23.3 Å². The third-order valence-electron chi connectivity index (χ3n) is 1.72. The maximum Gasteiger partial charge on any atom is 0.433 e. The maximum absolute atomic E-state index is 12.2. The van der Waals surface area contributed by atoms with Gasteiger partial charge in [-0.15, -0.1) is 0 Å². The van der Waals surface area contributed by atoms with Gasteiger partial charge in [0, 0.05) is 5.56 Å². The predicted molar refractivity (Wildman–Crippen MR) is 45.2 cm³/mol. The molecule has 0 N–H and O–H groups in total. The molecule has 0 saturated carbocycles. The molecule has 1 heterocycles. The SMILES string of the molecule is N#CCc1cc(C(F)(F)F)ncc1[N+](=O)[O-]. The van der Waals surface area contributed by atoms with Gasteiger partial charge in [0.2, 0.25) is 0 Å². The molecule has 0 fully saturated rings. The lowest BCUT2D eigenvalue weighted by molar-refractivity contribution is -0.385. The van der Waals surface area contributed by atoms with Crippen LogP contribution in [0.3, 0.4) is 0 Å². The summed E-state index contributed by atoms with van der Waals surface area (Å²) >= 11 is 0. The highest BCUT2D eigenvalue weighted by atomic mass is 19.4. The smallest absolute Gasteiger partial charge is 0.258 e. The summed E-state index contributed by atoms with van der Waals surface area (Å²) in [7, 11) is 0. The molecule has 0 saturated heterocycles. The average molecular weight is 231 g/mol. The summed E-state index contributed by atoms with van der Waals surface area (Å²) < 4.78 is 36.7. The molecule has 16 heavy (non-hydrogen) atoms. The van der Waals surface area contributed by atoms with Crippen molar-refractivity contribution in [1.82, 2.24) is 4.98 Å². The fourth-order valence-electron chi connectivity index (χ4n) is 1.04. The Hall–Kier alpha value is -2.17. The summed E-state index contributed by atoms with van der Waals surface area (Å²) in [5, 5.41) is 18.8. The van der Waals surface area contributed by atoms with Crippen molar-refractivity contribution in [2.45, 2.75) is 12.6 Å². The van der Waals surface area contributed by atoms with Crippen LogP contribution < -0.4 is 0 Å². The highest BCUT2D eigenvalue weighted by Crippen LogP contribution is 2.30. The van der Waals surface area contributed by atoms with Crippen LogP contribution >= 0.6 is 0 Å². The molecule has 0 radical (unpaired) electrons. The molecule has 0 aliphatic heterocycles. The number of aromatic nitrogens is 1. The fourth-order valence-corrected chi connectivity index (χ4v) is 1.04. The van der Waals surface area contributed by atoms with Crippen LogP contribution in [0.1, 0.15) is 11.3 Å². The van der Waals surface area contributed by atoms with Crippen molar-refractivity contribution >= 4 is 5.69 Å². The van der Waals surface area contributed by atoms with Crippen LogP contribution in [0.5, 0.6) is 0 Å². The molecule has 8 heteroatoms. The molecule has 0 aromatic carbocycles. The van der Waals surface area contributed by atoms with Crippen molar-refractivity contribution in [3.8, 4) is 6.07 Å². The van der Waals surface area contributed by atoms with Gasteiger partial charge in [0.1, 0.15) is 11.9 Å². The van der Waals surface area contributed by atoms with E-state index in [2.05, 4.69) is 4.98 Å². The average Bonchev–Trinajstić information content (AvgIpc) is 2.16. The minimum atomic E-state index is -4.68. The minimum Gasteiger partial charge on any atom is -0.258 e. The van der Waals surface area contributed by atoms with Crippen molar-refractivity contribution < 1.29 is 18.1 Å². The van der Waals surface area contributed by atoms with E-state index in [1.165, 1.54) is 0 Å². The molecule has 0 aliphatic carbocycles. The van der Waals surface area contributed by atoms with Gasteiger partial charge in [0.25, 0.3) is 5.69 Å². The third-order valence-corrected chi connectivity index (χ3v) is 1.72. The van der Waals surface area contributed by atoms with E-state index in [4.69, 9.17) is 5.26 Å². The number of hydrogen-bond acceptors (Lipinski definition) is 4. The lowest BCUT2D eigenvalue weighted by Crippen LogP contribution is -2.09. The van der Waals surface area contributed by atoms with Crippen LogP contribution in [-0.2, 0) is 12.6 Å². The van der Waals surface area contributed by atoms with Crippen LogP contribution in [0.15, 0.2) is 12.3 Å². The Morgan fingerprint density at radius 1 is 1.56 bits per heavy atom. The van der Waals surface area contributed by atoms with Crippen LogP contribution in [0.25, 0.3) is 0 Å². The highest BCUT2D eigenvalue weighted by molar-refractivity contribution is 5.40. The van der Waals surface area contributed by atoms with Crippen molar-refractivity contribution in [1.29, 1.82) is 5.26 Å². The van der Waals surface area contributed by atoms with E-state index >= 15 is 0 Å². The van der Waals surface area contributed by atoms with Gasteiger partial charge < -0.3 is 0 Å². The summed E-state index contributed by atoms with van der Waals surface area (Å²) in [6, 6.07) is 2.07. The maximum atomic E-state index is 12.2. The number of nitriles is 1. The van der Waals surface area contributed by atoms with Crippen LogP contribution in [0.4, 0.5) is 18.9 Å². The molecule has 0 atom stereocenters. The first-order valence-corrected chi connectivity index (χ1v) is 3.93. The van der Waals surface area contributed by atoms with Crippen molar-refractivity contribution in [3.05, 3.63) is 33.6 Å². The second kappa shape index (κ2) is 4.14. The van der Waals surface area contributed by atoms with E-state index in [-0.39, 0.29) is 5.56 Å². The summed E-state index contributed by atoms with van der Waals surface area (Å²) in [6.07, 6.45) is -4.64. The lowest BCUT2D eigenvalue weighted by atomic mass is 10.1. The van der Waals surface area contributed by atoms with Crippen LogP contribution in [-0.4, -0.2) is 9.91 Å². The van der Waals surface area contributed by atoms with E-state index in [0.717, 1.165) is 0 Å². The zero-order valence-corrected chi connectivity index (χ0v) is 7.65. The van der Waals surface area contributed by atoms with Gasteiger partial charge in [-0.25, -0.2) is 4.98 Å². The largest absolute Gasteiger partial charge is 0.433 e. The quantitative estimate of drug-likeness (QED) is 0.576. The number of hydrogen-bond donors (Lipinski definition) is 0. The van der Waals surface area contributed by atoms with Crippen LogP contribution in [0, 0.1) is 21.4 Å². The van der Waals surface area contributed by atoms with Crippen LogP contribution in [0.2, 0.25) is 0 Å². The van der Waals surface area contributed by atoms with Gasteiger partial charge >= 0.3 is 6.18 Å². The topological polar surface area (TPSA) is 79.8 Å². The molecule has 0 unspecified atom stereocenters. The second-order valence-electron chi connectivity index (χ2n) is 2.79. The Morgan fingerprint density at radius 3 is 2.62 bits per heavy atom. The normalized spacial score (nSPS) is 10.9. The Labute approximate surface area is 87.3 Å². The molecule has 1 rings (SSSR count). The molecule has 0 spiro atoms. The summed E-state index contributed by atoms with van der Waals surface area (Å²) in [5.74, 6) is 0. The molecule has 0 amide bonds. The Bertz CT molecular complexity index is 465. The molecule has 5 nitrogen and oxygen atoms in total. The van der Waals surface area contributed by atoms with E-state index in [1.54, 1.807) is 6.07 Å². The number of nitrogens with zero attached hydrogens (tertiary/aromatic N) is 3. The molecule has 84 valence electrons. The minimum absolute atomic E-state index is 0.296. The highest BCUT2D eigenvalue weighted by Gasteiger charge is 2.34. The first kappa shape index (κ1) is 11.9. The van der Waals surface area contributed by atoms with Gasteiger partial charge in [-0.3, -0.25) is 10.1 Å². The summed E-state index contributed by atoms with van der Waals surface area (Å²) in [6.45, 7) is 0. The van der Waals surface area contributed by atoms with Crippen molar-refractivity contribution in [3.63, 3.8) is 0 Å². The van der Waals surface area contributed by atoms with Gasteiger partial charge in [0.15, 0.2) is 0 Å². The molecule has 0 aliphatic rings. The van der Waals surface area contributed by atoms with E-state index in [1.807, 2.05) is 0 Å². The van der Waals surface area contributed by atoms with Gasteiger partial charge in [0.05, 0.1) is 17.4 Å². The number of alkyl halides is 3. The zero-order chi connectivity index (χ0) is 12.3. The van der Waals surface area contributed by atoms with Gasteiger partial charge in [-0.1, -0.05) is 0 Å². The number of rotatable bonds is 2. The third kappa shape index (κ3) is 2.44. The molecule has 1 aromatic heterocycles. The van der Waals surface area contributed by atoms with Crippen molar-refractivity contribution in [2.24, 2.45) is 0 Å². The van der Waals surface area contributed by atoms with E-state index in [0.29, 0.717) is 12.3 Å². The Morgan fingerprint density at radius 2 is 2.19 bits per heavy atom. The fraction of sp³-hybridized carbons (Fsp3) is 0.250. The van der Waals surface area contributed by atoms with E-state index < -0.39 is 28.9 Å². The Balaban J connectivity index is 3.29. The molecule has 0 bridgehead atoms. The van der Waals surface area contributed by atoms with Crippen molar-refractivity contribution in [2.75, 3.05) is 0 Å². The molecular formula is C8H4F3N3O2. The van der Waals surface area contributed by atoms with Gasteiger partial charge in [-0.2, -0.15) is 18.4 Å². The number of nitro groups is 1. The number of pyridine rings is 1. The molecule has 1 aromatic rings. The molecular weight excluding hydrogens is 227 g/mol. The lowest BCUT2D eigenvalue weighted by Gasteiger charge is -2.06. The van der Waals surface area contributed by atoms with Gasteiger partial charge in [-0.05, 0) is 6.07 Å². The monoisotopic (exact) mass is 231 g/mol. The standard InChI is InChI=1S/C8H4F3N3O2/c9-8(10,11)7-3-5(1-2-12)6(4-13-7)14(15)16/h3-4H,1H2. The second-order valence-corrected chi connectivity index (χ2v) is 2.79. The Kier molecular flexibility index (Phi) is 3.08.